The van der Waals surface area contributed by atoms with Crippen molar-refractivity contribution in [2.75, 3.05) is 7.05 Å². The van der Waals surface area contributed by atoms with Gasteiger partial charge >= 0.3 is 0 Å². The van der Waals surface area contributed by atoms with E-state index in [0.29, 0.717) is 17.5 Å². The molecule has 1 heterocycles. The van der Waals surface area contributed by atoms with Gasteiger partial charge in [0.05, 0.1) is 11.1 Å². The maximum absolute atomic E-state index is 9.32. The lowest BCUT2D eigenvalue weighted by Crippen LogP contribution is -2.43. The molecule has 1 aliphatic rings. The van der Waals surface area contributed by atoms with Gasteiger partial charge in [-0.05, 0) is 32.4 Å². The van der Waals surface area contributed by atoms with Gasteiger partial charge in [0.2, 0.25) is 5.88 Å². The Kier molecular flexibility index (Phi) is 4.03. The van der Waals surface area contributed by atoms with Gasteiger partial charge in [0.15, 0.2) is 0 Å². The Morgan fingerprint density at radius 3 is 2.90 bits per heavy atom. The van der Waals surface area contributed by atoms with E-state index in [2.05, 4.69) is 16.4 Å². The first-order valence-corrected chi connectivity index (χ1v) is 7.45. The molecule has 1 aromatic carbocycles. The number of nitriles is 1. The van der Waals surface area contributed by atoms with Crippen molar-refractivity contribution >= 4 is 10.9 Å². The highest BCUT2D eigenvalue weighted by molar-refractivity contribution is 5.85. The number of likely N-dealkylation sites (N-methyl/N-ethyl adjacent to an activating group) is 1. The fourth-order valence-corrected chi connectivity index (χ4v) is 3.03. The van der Waals surface area contributed by atoms with E-state index in [1.807, 2.05) is 31.3 Å². The first-order valence-electron chi connectivity index (χ1n) is 7.45. The van der Waals surface area contributed by atoms with Crippen LogP contribution in [0.15, 0.2) is 30.3 Å². The van der Waals surface area contributed by atoms with Crippen LogP contribution in [0, 0.1) is 11.3 Å². The second kappa shape index (κ2) is 6.11. The molecule has 2 aromatic rings. The number of ether oxygens (including phenoxy) is 1. The van der Waals surface area contributed by atoms with Crippen molar-refractivity contribution in [3.8, 4) is 11.9 Å². The third-order valence-corrected chi connectivity index (χ3v) is 4.16. The van der Waals surface area contributed by atoms with E-state index >= 15 is 0 Å². The molecule has 2 unspecified atom stereocenters. The number of para-hydroxylation sites is 1. The monoisotopic (exact) mass is 281 g/mol. The van der Waals surface area contributed by atoms with Crippen LogP contribution >= 0.6 is 0 Å². The summed E-state index contributed by atoms with van der Waals surface area (Å²) in [7, 11) is 1.97. The number of hydrogen-bond acceptors (Lipinski definition) is 4. The van der Waals surface area contributed by atoms with Gasteiger partial charge in [0.25, 0.3) is 0 Å². The van der Waals surface area contributed by atoms with Gasteiger partial charge in [-0.15, -0.1) is 0 Å². The predicted molar refractivity (Wildman–Crippen MR) is 82.2 cm³/mol. The minimum atomic E-state index is 0.129. The van der Waals surface area contributed by atoms with Crippen LogP contribution in [-0.2, 0) is 0 Å². The van der Waals surface area contributed by atoms with Gasteiger partial charge in [-0.3, -0.25) is 0 Å². The molecule has 3 rings (SSSR count). The van der Waals surface area contributed by atoms with Gasteiger partial charge in [-0.2, -0.15) is 5.26 Å². The number of rotatable bonds is 3. The molecule has 1 aliphatic carbocycles. The fourth-order valence-electron chi connectivity index (χ4n) is 3.03. The molecule has 0 saturated heterocycles. The maximum atomic E-state index is 9.32. The van der Waals surface area contributed by atoms with Crippen LogP contribution in [0.25, 0.3) is 10.9 Å². The molecule has 108 valence electrons. The Bertz CT molecular complexity index is 677. The van der Waals surface area contributed by atoms with Gasteiger partial charge in [0.1, 0.15) is 12.2 Å². The van der Waals surface area contributed by atoms with Crippen molar-refractivity contribution in [1.82, 2.24) is 10.3 Å². The van der Waals surface area contributed by atoms with E-state index in [1.54, 1.807) is 6.07 Å². The Morgan fingerprint density at radius 2 is 2.10 bits per heavy atom. The number of nitrogens with zero attached hydrogens (tertiary/aromatic N) is 2. The highest BCUT2D eigenvalue weighted by Crippen LogP contribution is 2.26. The molecular weight excluding hydrogens is 262 g/mol. The molecule has 21 heavy (non-hydrogen) atoms. The summed E-state index contributed by atoms with van der Waals surface area (Å²) in [5.41, 5.74) is 1.43. The third-order valence-electron chi connectivity index (χ3n) is 4.16. The fraction of sp³-hybridized carbons (Fsp3) is 0.412. The molecule has 0 spiro atoms. The third kappa shape index (κ3) is 2.84. The zero-order chi connectivity index (χ0) is 14.7. The summed E-state index contributed by atoms with van der Waals surface area (Å²) in [4.78, 5) is 4.55. The number of fused-ring (bicyclic) bond motifs is 1. The molecule has 0 bridgehead atoms. The van der Waals surface area contributed by atoms with E-state index in [4.69, 9.17) is 4.74 Å². The average molecular weight is 281 g/mol. The summed E-state index contributed by atoms with van der Waals surface area (Å²) in [5.74, 6) is 0.553. The van der Waals surface area contributed by atoms with Crippen LogP contribution in [0.1, 0.15) is 31.2 Å². The summed E-state index contributed by atoms with van der Waals surface area (Å²) in [5, 5.41) is 13.5. The quantitative estimate of drug-likeness (QED) is 0.939. The highest BCUT2D eigenvalue weighted by Gasteiger charge is 2.26. The second-order valence-corrected chi connectivity index (χ2v) is 5.47. The van der Waals surface area contributed by atoms with E-state index in [1.165, 1.54) is 12.8 Å². The summed E-state index contributed by atoms with van der Waals surface area (Å²) < 4.78 is 6.08. The molecule has 1 saturated carbocycles. The number of aromatic nitrogens is 1. The summed E-state index contributed by atoms with van der Waals surface area (Å²) >= 11 is 0. The number of benzene rings is 1. The SMILES string of the molecule is CNC1CCCCC1Oc1cc(C#N)c2ccccc2n1. The zero-order valence-electron chi connectivity index (χ0n) is 12.2. The van der Waals surface area contributed by atoms with E-state index in [9.17, 15) is 5.26 Å². The van der Waals surface area contributed by atoms with Crippen LogP contribution in [0.4, 0.5) is 0 Å². The lowest BCUT2D eigenvalue weighted by atomic mass is 9.92. The van der Waals surface area contributed by atoms with Crippen molar-refractivity contribution in [3.05, 3.63) is 35.9 Å². The minimum absolute atomic E-state index is 0.129. The molecule has 2 atom stereocenters. The van der Waals surface area contributed by atoms with Crippen molar-refractivity contribution in [3.63, 3.8) is 0 Å². The molecule has 1 N–H and O–H groups in total. The normalized spacial score (nSPS) is 21.9. The van der Waals surface area contributed by atoms with Crippen molar-refractivity contribution in [2.45, 2.75) is 37.8 Å². The average Bonchev–Trinajstić information content (AvgIpc) is 2.54. The summed E-state index contributed by atoms with van der Waals surface area (Å²) in [6, 6.07) is 12.0. The Morgan fingerprint density at radius 1 is 1.29 bits per heavy atom. The van der Waals surface area contributed by atoms with E-state index in [-0.39, 0.29) is 6.10 Å². The van der Waals surface area contributed by atoms with Crippen molar-refractivity contribution in [1.29, 1.82) is 5.26 Å². The molecule has 4 heteroatoms. The van der Waals surface area contributed by atoms with Crippen LogP contribution in [-0.4, -0.2) is 24.2 Å². The van der Waals surface area contributed by atoms with Gasteiger partial charge in [0, 0.05) is 17.5 Å². The van der Waals surface area contributed by atoms with Crippen LogP contribution < -0.4 is 10.1 Å². The van der Waals surface area contributed by atoms with Crippen molar-refractivity contribution < 1.29 is 4.74 Å². The summed E-state index contributed by atoms with van der Waals surface area (Å²) in [6.07, 6.45) is 4.70. The van der Waals surface area contributed by atoms with Gasteiger partial charge < -0.3 is 10.1 Å². The number of nitrogens with one attached hydrogen (secondary N) is 1. The number of pyridine rings is 1. The smallest absolute Gasteiger partial charge is 0.215 e. The van der Waals surface area contributed by atoms with Crippen molar-refractivity contribution in [2.24, 2.45) is 0 Å². The first kappa shape index (κ1) is 13.8. The largest absolute Gasteiger partial charge is 0.473 e. The standard InChI is InChI=1S/C17H19N3O/c1-19-15-8-4-5-9-16(15)21-17-10-12(11-18)13-6-2-3-7-14(13)20-17/h2-3,6-7,10,15-16,19H,4-5,8-9H2,1H3. The van der Waals surface area contributed by atoms with Crippen LogP contribution in [0.3, 0.4) is 0 Å². The predicted octanol–water partition coefficient (Wildman–Crippen LogP) is 3.02. The molecular formula is C17H19N3O. The second-order valence-electron chi connectivity index (χ2n) is 5.47. The molecule has 1 fully saturated rings. The lowest BCUT2D eigenvalue weighted by molar-refractivity contribution is 0.113. The first-order chi connectivity index (χ1) is 10.3. The minimum Gasteiger partial charge on any atom is -0.473 e. The van der Waals surface area contributed by atoms with E-state index < -0.39 is 0 Å². The number of hydrogen-bond donors (Lipinski definition) is 1. The van der Waals surface area contributed by atoms with E-state index in [0.717, 1.165) is 23.7 Å². The zero-order valence-corrected chi connectivity index (χ0v) is 12.2. The topological polar surface area (TPSA) is 57.9 Å². The Balaban J connectivity index is 1.92. The maximum Gasteiger partial charge on any atom is 0.215 e. The van der Waals surface area contributed by atoms with Gasteiger partial charge in [-0.1, -0.05) is 24.6 Å². The molecule has 4 nitrogen and oxygen atoms in total. The highest BCUT2D eigenvalue weighted by atomic mass is 16.5. The molecule has 0 radical (unpaired) electrons. The van der Waals surface area contributed by atoms with Crippen LogP contribution in [0.2, 0.25) is 0 Å². The molecule has 0 amide bonds. The van der Waals surface area contributed by atoms with Crippen LogP contribution in [0.5, 0.6) is 5.88 Å². The summed E-state index contributed by atoms with van der Waals surface area (Å²) in [6.45, 7) is 0. The Labute approximate surface area is 124 Å². The van der Waals surface area contributed by atoms with Gasteiger partial charge in [-0.25, -0.2) is 4.98 Å². The molecule has 1 aromatic heterocycles. The molecule has 0 aliphatic heterocycles. The lowest BCUT2D eigenvalue weighted by Gasteiger charge is -2.31. The Hall–Kier alpha value is -2.12.